The highest BCUT2D eigenvalue weighted by molar-refractivity contribution is 14.1. The molecule has 0 fully saturated rings. The van der Waals surface area contributed by atoms with Gasteiger partial charge in [0, 0.05) is 83.5 Å². The Morgan fingerprint density at radius 3 is 1.71 bits per heavy atom. The zero-order valence-corrected chi connectivity index (χ0v) is 45.8. The molecule has 0 spiro atoms. The molecule has 0 bridgehead atoms. The lowest BCUT2D eigenvalue weighted by atomic mass is 10.0. The molecule has 3 aromatic carbocycles. The highest BCUT2D eigenvalue weighted by atomic mass is 127. The molecule has 0 aliphatic heterocycles. The number of carbonyl (C=O) groups is 7. The average molecular weight is 1430 g/mol. The topological polar surface area (TPSA) is 330 Å². The third kappa shape index (κ3) is 22.8. The summed E-state index contributed by atoms with van der Waals surface area (Å²) in [7, 11) is 0. The second-order valence-corrected chi connectivity index (χ2v) is 20.4. The number of nitrogens with one attached hydrogen (secondary N) is 3. The number of anilines is 1. The van der Waals surface area contributed by atoms with Crippen LogP contribution in [0.2, 0.25) is 0 Å². The fourth-order valence-corrected chi connectivity index (χ4v) is 10.8. The number of aromatic hydroxyl groups is 1. The maximum absolute atomic E-state index is 12.8. The number of halogens is 4. The number of carboxylic acid groups (broad SMARTS) is 6. The first kappa shape index (κ1) is 59.3. The number of ether oxygens (including phenoxy) is 1. The summed E-state index contributed by atoms with van der Waals surface area (Å²) < 4.78 is 8.85. The van der Waals surface area contributed by atoms with Gasteiger partial charge < -0.3 is 80.4 Å². The van der Waals surface area contributed by atoms with E-state index in [2.05, 4.69) is 61.1 Å². The number of phenols is 1. The van der Waals surface area contributed by atoms with Crippen LogP contribution in [0.1, 0.15) is 36.8 Å². The van der Waals surface area contributed by atoms with Crippen molar-refractivity contribution in [1.29, 1.82) is 0 Å². The fourth-order valence-electron chi connectivity index (χ4n) is 6.74. The number of hydrogen-bond donors (Lipinski definition) is 5. The number of amides is 1. The molecule has 69 heavy (non-hydrogen) atoms. The van der Waals surface area contributed by atoms with E-state index in [1.54, 1.807) is 48.5 Å². The maximum Gasteiger partial charge on any atom is 0.326 e. The molecule has 26 heteroatoms. The van der Waals surface area contributed by atoms with E-state index in [9.17, 15) is 69.3 Å². The van der Waals surface area contributed by atoms with Crippen LogP contribution in [0.25, 0.3) is 0 Å². The van der Waals surface area contributed by atoms with Gasteiger partial charge in [-0.2, -0.15) is 0 Å². The van der Waals surface area contributed by atoms with Gasteiger partial charge in [-0.3, -0.25) is 19.5 Å². The molecule has 5 N–H and O–H groups in total. The van der Waals surface area contributed by atoms with Crippen LogP contribution in [0.15, 0.2) is 48.5 Å². The van der Waals surface area contributed by atoms with Gasteiger partial charge in [-0.1, -0.05) is 18.6 Å². The summed E-state index contributed by atoms with van der Waals surface area (Å²) in [5.41, 5.74) is 1.80. The van der Waals surface area contributed by atoms with E-state index in [1.807, 2.05) is 45.2 Å². The van der Waals surface area contributed by atoms with Crippen molar-refractivity contribution in [2.24, 2.45) is 0 Å². The van der Waals surface area contributed by atoms with Gasteiger partial charge in [-0.25, -0.2) is 4.79 Å². The van der Waals surface area contributed by atoms with E-state index in [0.29, 0.717) is 61.3 Å². The molecule has 0 aromatic heterocycles. The predicted molar refractivity (Wildman–Crippen MR) is 275 cm³/mol. The standard InChI is InChI=1S/C43H50I4N6O15S/c44-29-16-28(17-30(45)40(29)65)68-41-31(46)13-25(14-32(41)47)15-33(42(66)67)50-34(54)4-2-1-3-9-48-43(69)49-26-7-5-24(6-8-26)12-27(53(22-38(61)62)23-39(63)64)18-51(19-35(55)56)10-11-52(20-36(57)58)21-37(59)60/h5-8,13-14,16-17,27,33,65H,1-4,9-12,15,18-23H2,(H,50,54)(H,55,56)(H,57,58)(H,59,60)(H,61,62)(H,63,64)(H,66,67)(H2,48,49,69)/p-5. The van der Waals surface area contributed by atoms with Crippen molar-refractivity contribution in [3.8, 4) is 17.2 Å². The first-order valence-electron chi connectivity index (χ1n) is 20.7. The molecule has 3 aromatic rings. The summed E-state index contributed by atoms with van der Waals surface area (Å²) in [4.78, 5) is 85.3. The minimum Gasteiger partial charge on any atom is -0.549 e. The molecule has 376 valence electrons. The van der Waals surface area contributed by atoms with Gasteiger partial charge in [-0.05, 0) is 169 Å². The number of thiocarbonyl (C=S) groups is 1. The monoisotopic (exact) mass is 1420 g/mol. The van der Waals surface area contributed by atoms with Crippen LogP contribution in [-0.2, 0) is 46.4 Å². The molecule has 0 saturated heterocycles. The van der Waals surface area contributed by atoms with E-state index in [-0.39, 0.29) is 49.8 Å². The van der Waals surface area contributed by atoms with Gasteiger partial charge in [0.25, 0.3) is 0 Å². The first-order chi connectivity index (χ1) is 32.5. The van der Waals surface area contributed by atoms with Gasteiger partial charge in [0.1, 0.15) is 17.5 Å². The Morgan fingerprint density at radius 2 is 1.19 bits per heavy atom. The average Bonchev–Trinajstić information content (AvgIpc) is 3.23. The lowest BCUT2D eigenvalue weighted by molar-refractivity contribution is -0.313. The normalized spacial score (nSPS) is 12.0. The van der Waals surface area contributed by atoms with Crippen LogP contribution in [0.5, 0.6) is 17.2 Å². The zero-order chi connectivity index (χ0) is 51.4. The maximum atomic E-state index is 12.8. The minimum absolute atomic E-state index is 0.0184. The SMILES string of the molecule is O=C([O-])CN(CCN(CC(=O)[O-])CC(Cc1ccc(NC(=S)NCCCCCC(=O)NC(Cc2cc(I)c(Oc3cc(I)c(O)c(I)c3)c(I)c2)C(=O)O)cc1)N(CC(=O)[O-])CC(=O)[O-])CC(=O)[O-]. The van der Waals surface area contributed by atoms with Crippen molar-refractivity contribution < 1.29 is 74.0 Å². The number of aliphatic carboxylic acids is 6. The van der Waals surface area contributed by atoms with Crippen molar-refractivity contribution in [2.45, 2.75) is 50.6 Å². The number of unbranched alkanes of at least 4 members (excludes halogenated alkanes) is 2. The van der Waals surface area contributed by atoms with E-state index < -0.39 is 86.5 Å². The predicted octanol–water partition coefficient (Wildman–Crippen LogP) is -2.17. The summed E-state index contributed by atoms with van der Waals surface area (Å²) in [6.45, 7) is -4.48. The molecule has 1 amide bonds. The molecular weight excluding hydrogens is 1380 g/mol. The second kappa shape index (κ2) is 30.0. The van der Waals surface area contributed by atoms with Crippen molar-refractivity contribution in [2.75, 3.05) is 64.2 Å². The van der Waals surface area contributed by atoms with E-state index in [4.69, 9.17) is 17.0 Å². The fraction of sp³-hybridized carbons (Fsp3) is 0.395. The number of phenolic OH excluding ortho intramolecular Hbond substituents is 1. The molecule has 0 radical (unpaired) electrons. The molecule has 0 heterocycles. The third-order valence-electron chi connectivity index (χ3n) is 9.83. The van der Waals surface area contributed by atoms with Crippen LogP contribution in [0, 0.1) is 14.3 Å². The molecule has 2 unspecified atom stereocenters. The van der Waals surface area contributed by atoms with Crippen molar-refractivity contribution in [1.82, 2.24) is 25.3 Å². The Kier molecular flexibility index (Phi) is 25.8. The number of nitrogens with zero attached hydrogens (tertiary/aromatic N) is 3. The molecule has 0 saturated carbocycles. The van der Waals surface area contributed by atoms with Crippen LogP contribution < -0.4 is 46.2 Å². The molecule has 21 nitrogen and oxygen atoms in total. The van der Waals surface area contributed by atoms with Gasteiger partial charge in [0.05, 0.1) is 44.1 Å². The lowest BCUT2D eigenvalue weighted by Gasteiger charge is -2.37. The van der Waals surface area contributed by atoms with Crippen molar-refractivity contribution in [3.05, 3.63) is 73.9 Å². The molecule has 0 aliphatic carbocycles. The molecule has 3 rings (SSSR count). The minimum atomic E-state index is -1.62. The van der Waals surface area contributed by atoms with E-state index >= 15 is 0 Å². The first-order valence-corrected chi connectivity index (χ1v) is 25.4. The van der Waals surface area contributed by atoms with Crippen molar-refractivity contribution >= 4 is 155 Å². The van der Waals surface area contributed by atoms with Crippen LogP contribution in [0.4, 0.5) is 5.69 Å². The summed E-state index contributed by atoms with van der Waals surface area (Å²) >= 11 is 13.7. The Hall–Kier alpha value is -3.96. The van der Waals surface area contributed by atoms with Gasteiger partial charge in [0.15, 0.2) is 10.9 Å². The Bertz CT molecular complexity index is 2250. The van der Waals surface area contributed by atoms with Crippen LogP contribution in [-0.4, -0.2) is 143 Å². The quantitative estimate of drug-likeness (QED) is 0.0260. The Labute approximate surface area is 456 Å². The summed E-state index contributed by atoms with van der Waals surface area (Å²) in [6.07, 6.45) is 1.87. The van der Waals surface area contributed by atoms with Crippen LogP contribution >= 0.6 is 103 Å². The highest BCUT2D eigenvalue weighted by Gasteiger charge is 2.25. The largest absolute Gasteiger partial charge is 0.549 e. The Balaban J connectivity index is 1.52. The molecule has 0 aliphatic rings. The van der Waals surface area contributed by atoms with E-state index in [1.165, 1.54) is 4.90 Å². The van der Waals surface area contributed by atoms with Crippen LogP contribution in [0.3, 0.4) is 0 Å². The Morgan fingerprint density at radius 1 is 0.667 bits per heavy atom. The number of benzene rings is 3. The second-order valence-electron chi connectivity index (χ2n) is 15.3. The van der Waals surface area contributed by atoms with E-state index in [0.717, 1.165) is 16.9 Å². The van der Waals surface area contributed by atoms with Gasteiger partial charge in [-0.15, -0.1) is 0 Å². The summed E-state index contributed by atoms with van der Waals surface area (Å²) in [6, 6.07) is 11.4. The zero-order valence-electron chi connectivity index (χ0n) is 36.3. The highest BCUT2D eigenvalue weighted by Crippen LogP contribution is 2.37. The van der Waals surface area contributed by atoms with Gasteiger partial charge in [0.2, 0.25) is 5.91 Å². The molecular formula is C43H45I4N6O15S-5. The smallest absolute Gasteiger partial charge is 0.326 e. The summed E-state index contributed by atoms with van der Waals surface area (Å²) in [5, 5.41) is 86.2. The molecule has 2 atom stereocenters. The number of carbonyl (C=O) groups excluding carboxylic acids is 6. The third-order valence-corrected chi connectivity index (χ3v) is 13.3. The number of hydrogen-bond acceptors (Lipinski definition) is 18. The summed E-state index contributed by atoms with van der Waals surface area (Å²) in [5.74, 6) is -8.30. The number of carboxylic acids is 6. The number of rotatable bonds is 31. The lowest BCUT2D eigenvalue weighted by Crippen LogP contribution is -2.55. The van der Waals surface area contributed by atoms with Gasteiger partial charge >= 0.3 is 5.97 Å². The van der Waals surface area contributed by atoms with Crippen molar-refractivity contribution in [3.63, 3.8) is 0 Å².